The van der Waals surface area contributed by atoms with Gasteiger partial charge in [0.15, 0.2) is 5.65 Å². The van der Waals surface area contributed by atoms with Crippen LogP contribution in [0.1, 0.15) is 12.8 Å². The maximum Gasteiger partial charge on any atom is 0.165 e. The van der Waals surface area contributed by atoms with E-state index in [1.54, 1.807) is 0 Å². The number of nitrogens with zero attached hydrogens (tertiary/aromatic N) is 4. The molecule has 3 heterocycles. The number of anilines is 2. The van der Waals surface area contributed by atoms with Crippen LogP contribution in [-0.4, -0.2) is 47.4 Å². The highest BCUT2D eigenvalue weighted by Crippen LogP contribution is 2.30. The zero-order chi connectivity index (χ0) is 17.3. The highest BCUT2D eigenvalue weighted by atomic mass is 16.5. The molecule has 1 aliphatic carbocycles. The average Bonchev–Trinajstić information content (AvgIpc) is 3.44. The van der Waals surface area contributed by atoms with Gasteiger partial charge in [-0.25, -0.2) is 4.98 Å². The largest absolute Gasteiger partial charge is 0.378 e. The monoisotopic (exact) mass is 349 g/mol. The second-order valence-corrected chi connectivity index (χ2v) is 7.09. The van der Waals surface area contributed by atoms with Crippen LogP contribution in [0.4, 0.5) is 11.5 Å². The minimum atomic E-state index is 0.802. The Morgan fingerprint density at radius 2 is 1.88 bits per heavy atom. The number of morpholine rings is 1. The summed E-state index contributed by atoms with van der Waals surface area (Å²) in [5.74, 6) is 1.83. The van der Waals surface area contributed by atoms with Gasteiger partial charge in [0, 0.05) is 37.1 Å². The lowest BCUT2D eigenvalue weighted by molar-refractivity contribution is 0.122. The third-order valence-electron chi connectivity index (χ3n) is 5.22. The zero-order valence-electron chi connectivity index (χ0n) is 14.8. The number of hydrogen-bond donors (Lipinski definition) is 1. The summed E-state index contributed by atoms with van der Waals surface area (Å²) >= 11 is 0. The van der Waals surface area contributed by atoms with E-state index in [1.165, 1.54) is 18.5 Å². The standard InChI is InChI=1S/C20H23N5O/c1-2-15(1)13-22-19-7-8-21-20-18(14-23-25(19)20)16-3-5-17(6-4-16)24-9-11-26-12-10-24/h3-8,14-15,22H,1-2,9-13H2. The lowest BCUT2D eigenvalue weighted by atomic mass is 10.1. The SMILES string of the molecule is c1cc(NCC2CC2)n2ncc(-c3ccc(N4CCOCC4)cc3)c2n1. The van der Waals surface area contributed by atoms with Gasteiger partial charge in [-0.15, -0.1) is 0 Å². The number of rotatable bonds is 5. The Labute approximate surface area is 152 Å². The second kappa shape index (κ2) is 6.61. The molecule has 2 aromatic heterocycles. The van der Waals surface area contributed by atoms with Crippen molar-refractivity contribution in [2.75, 3.05) is 43.1 Å². The fourth-order valence-electron chi connectivity index (χ4n) is 3.47. The van der Waals surface area contributed by atoms with Crippen molar-refractivity contribution in [1.29, 1.82) is 0 Å². The van der Waals surface area contributed by atoms with Crippen molar-refractivity contribution < 1.29 is 4.74 Å². The van der Waals surface area contributed by atoms with Crippen molar-refractivity contribution >= 4 is 17.2 Å². The molecule has 0 atom stereocenters. The highest BCUT2D eigenvalue weighted by molar-refractivity contribution is 5.78. The number of benzene rings is 1. The van der Waals surface area contributed by atoms with Gasteiger partial charge in [-0.2, -0.15) is 9.61 Å². The van der Waals surface area contributed by atoms with Gasteiger partial charge in [0.2, 0.25) is 0 Å². The van der Waals surface area contributed by atoms with Crippen LogP contribution < -0.4 is 10.2 Å². The first-order chi connectivity index (χ1) is 12.9. The topological polar surface area (TPSA) is 54.7 Å². The van der Waals surface area contributed by atoms with E-state index in [0.717, 1.165) is 61.4 Å². The van der Waals surface area contributed by atoms with Gasteiger partial charge in [-0.3, -0.25) is 0 Å². The molecule has 5 rings (SSSR count). The van der Waals surface area contributed by atoms with Crippen molar-refractivity contribution in [2.24, 2.45) is 5.92 Å². The molecule has 3 aromatic rings. The summed E-state index contributed by atoms with van der Waals surface area (Å²) in [7, 11) is 0. The molecule has 1 N–H and O–H groups in total. The number of aromatic nitrogens is 3. The van der Waals surface area contributed by atoms with Gasteiger partial charge in [0.1, 0.15) is 5.82 Å². The molecule has 1 saturated heterocycles. The molecule has 134 valence electrons. The van der Waals surface area contributed by atoms with Crippen LogP contribution in [0.15, 0.2) is 42.7 Å². The molecule has 6 nitrogen and oxygen atoms in total. The van der Waals surface area contributed by atoms with Crippen LogP contribution in [0, 0.1) is 5.92 Å². The first kappa shape index (κ1) is 15.6. The first-order valence-electron chi connectivity index (χ1n) is 9.38. The number of hydrogen-bond acceptors (Lipinski definition) is 5. The Morgan fingerprint density at radius 1 is 1.08 bits per heavy atom. The quantitative estimate of drug-likeness (QED) is 0.767. The van der Waals surface area contributed by atoms with E-state index in [-0.39, 0.29) is 0 Å². The molecular formula is C20H23N5O. The molecule has 0 radical (unpaired) electrons. The molecule has 0 bridgehead atoms. The Kier molecular flexibility index (Phi) is 3.97. The van der Waals surface area contributed by atoms with E-state index in [0.29, 0.717) is 0 Å². The third-order valence-corrected chi connectivity index (χ3v) is 5.22. The highest BCUT2D eigenvalue weighted by Gasteiger charge is 2.21. The van der Waals surface area contributed by atoms with Gasteiger partial charge in [0.05, 0.1) is 19.4 Å². The number of fused-ring (bicyclic) bond motifs is 1. The van der Waals surface area contributed by atoms with Gasteiger partial charge in [-0.1, -0.05) is 12.1 Å². The number of ether oxygens (including phenoxy) is 1. The van der Waals surface area contributed by atoms with Crippen LogP contribution in [0.25, 0.3) is 16.8 Å². The molecule has 2 aliphatic rings. The predicted octanol–water partition coefficient (Wildman–Crippen LogP) is 3.05. The predicted molar refractivity (Wildman–Crippen MR) is 103 cm³/mol. The summed E-state index contributed by atoms with van der Waals surface area (Å²) < 4.78 is 7.35. The smallest absolute Gasteiger partial charge is 0.165 e. The Hall–Kier alpha value is -2.60. The van der Waals surface area contributed by atoms with Crippen molar-refractivity contribution in [3.63, 3.8) is 0 Å². The molecule has 0 spiro atoms. The van der Waals surface area contributed by atoms with E-state index in [2.05, 4.69) is 44.6 Å². The summed E-state index contributed by atoms with van der Waals surface area (Å²) in [5, 5.41) is 8.08. The lowest BCUT2D eigenvalue weighted by Crippen LogP contribution is -2.36. The summed E-state index contributed by atoms with van der Waals surface area (Å²) in [4.78, 5) is 6.93. The molecular weight excluding hydrogens is 326 g/mol. The van der Waals surface area contributed by atoms with Gasteiger partial charge in [0.25, 0.3) is 0 Å². The van der Waals surface area contributed by atoms with Crippen molar-refractivity contribution in [3.8, 4) is 11.1 Å². The second-order valence-electron chi connectivity index (χ2n) is 7.09. The summed E-state index contributed by atoms with van der Waals surface area (Å²) in [6.45, 7) is 4.52. The maximum absolute atomic E-state index is 5.43. The minimum Gasteiger partial charge on any atom is -0.378 e. The Bertz CT molecular complexity index is 894. The van der Waals surface area contributed by atoms with Gasteiger partial charge >= 0.3 is 0 Å². The molecule has 1 aromatic carbocycles. The van der Waals surface area contributed by atoms with Crippen LogP contribution in [-0.2, 0) is 4.74 Å². The first-order valence-corrected chi connectivity index (χ1v) is 9.38. The molecule has 1 aliphatic heterocycles. The normalized spacial score (nSPS) is 17.6. The van der Waals surface area contributed by atoms with E-state index in [4.69, 9.17) is 4.74 Å². The molecule has 0 unspecified atom stereocenters. The fraction of sp³-hybridized carbons (Fsp3) is 0.400. The molecule has 0 amide bonds. The molecule has 1 saturated carbocycles. The lowest BCUT2D eigenvalue weighted by Gasteiger charge is -2.28. The van der Waals surface area contributed by atoms with Crippen molar-refractivity contribution in [2.45, 2.75) is 12.8 Å². The minimum absolute atomic E-state index is 0.802. The Balaban J connectivity index is 1.42. The summed E-state index contributed by atoms with van der Waals surface area (Å²) in [5.41, 5.74) is 4.34. The molecule has 26 heavy (non-hydrogen) atoms. The third kappa shape index (κ3) is 3.01. The fourth-order valence-corrected chi connectivity index (χ4v) is 3.47. The molecule has 6 heteroatoms. The van der Waals surface area contributed by atoms with Crippen LogP contribution in [0.2, 0.25) is 0 Å². The van der Waals surface area contributed by atoms with Crippen molar-refractivity contribution in [3.05, 3.63) is 42.7 Å². The van der Waals surface area contributed by atoms with E-state index in [9.17, 15) is 0 Å². The van der Waals surface area contributed by atoms with E-state index in [1.807, 2.05) is 23.0 Å². The number of nitrogens with one attached hydrogen (secondary N) is 1. The van der Waals surface area contributed by atoms with Crippen molar-refractivity contribution in [1.82, 2.24) is 14.6 Å². The summed E-state index contributed by atoms with van der Waals surface area (Å²) in [6.07, 6.45) is 6.44. The Morgan fingerprint density at radius 3 is 2.65 bits per heavy atom. The maximum atomic E-state index is 5.43. The van der Waals surface area contributed by atoms with E-state index < -0.39 is 0 Å². The zero-order valence-corrected chi connectivity index (χ0v) is 14.8. The average molecular weight is 349 g/mol. The van der Waals surface area contributed by atoms with Crippen LogP contribution in [0.5, 0.6) is 0 Å². The van der Waals surface area contributed by atoms with Gasteiger partial charge in [-0.05, 0) is 42.5 Å². The van der Waals surface area contributed by atoms with E-state index >= 15 is 0 Å². The summed E-state index contributed by atoms with van der Waals surface area (Å²) in [6, 6.07) is 10.7. The van der Waals surface area contributed by atoms with Gasteiger partial charge < -0.3 is 15.0 Å². The van der Waals surface area contributed by atoms with Crippen LogP contribution in [0.3, 0.4) is 0 Å². The molecule has 2 fully saturated rings. The van der Waals surface area contributed by atoms with Crippen LogP contribution >= 0.6 is 0 Å².